The Labute approximate surface area is 214 Å². The lowest BCUT2D eigenvalue weighted by Gasteiger charge is -2.10. The van der Waals surface area contributed by atoms with Crippen molar-refractivity contribution in [2.75, 3.05) is 0 Å². The van der Waals surface area contributed by atoms with Gasteiger partial charge in [0.2, 0.25) is 0 Å². The number of rotatable bonds is 6. The van der Waals surface area contributed by atoms with Gasteiger partial charge in [-0.15, -0.1) is 0 Å². The van der Waals surface area contributed by atoms with Crippen LogP contribution in [-0.4, -0.2) is 5.97 Å². The van der Waals surface area contributed by atoms with E-state index in [1.807, 2.05) is 42.5 Å². The Morgan fingerprint density at radius 2 is 1.08 bits per heavy atom. The Hall–Kier alpha value is -4.57. The van der Waals surface area contributed by atoms with Crippen LogP contribution in [0.5, 0.6) is 0 Å². The highest BCUT2D eigenvalue weighted by molar-refractivity contribution is 5.91. The zero-order chi connectivity index (χ0) is 25.8. The lowest BCUT2D eigenvalue weighted by atomic mass is 9.97. The number of aryl methyl sites for hydroxylation is 1. The standard InChI is InChI=1S/C33H24F2O2/c1-22-7-9-24(10-8-22)25-11-13-26(14-12-25)27-15-17-28(18-16-27)29-19-30(32(35)31(34)20-29)33(36)37-21-23-5-3-2-4-6-23/h2-20H,21H2,1H3. The fraction of sp³-hybridized carbons (Fsp3) is 0.0606. The molecule has 0 aliphatic heterocycles. The molecule has 5 aromatic rings. The van der Waals surface area contributed by atoms with Gasteiger partial charge in [-0.05, 0) is 58.0 Å². The Balaban J connectivity index is 1.35. The second-order valence-corrected chi connectivity index (χ2v) is 8.90. The molecule has 0 heterocycles. The summed E-state index contributed by atoms with van der Waals surface area (Å²) in [6, 6.07) is 35.6. The van der Waals surface area contributed by atoms with Crippen molar-refractivity contribution in [3.8, 4) is 33.4 Å². The zero-order valence-electron chi connectivity index (χ0n) is 20.2. The van der Waals surface area contributed by atoms with E-state index in [0.717, 1.165) is 33.9 Å². The maximum absolute atomic E-state index is 14.5. The Bertz CT molecular complexity index is 1520. The monoisotopic (exact) mass is 490 g/mol. The van der Waals surface area contributed by atoms with Gasteiger partial charge in [-0.3, -0.25) is 0 Å². The van der Waals surface area contributed by atoms with Crippen LogP contribution < -0.4 is 0 Å². The minimum absolute atomic E-state index is 0.0254. The van der Waals surface area contributed by atoms with Gasteiger partial charge in [0.1, 0.15) is 6.61 Å². The smallest absolute Gasteiger partial charge is 0.341 e. The van der Waals surface area contributed by atoms with Gasteiger partial charge >= 0.3 is 5.97 Å². The summed E-state index contributed by atoms with van der Waals surface area (Å²) >= 11 is 0. The largest absolute Gasteiger partial charge is 0.457 e. The van der Waals surface area contributed by atoms with E-state index in [1.165, 1.54) is 11.6 Å². The average molecular weight is 491 g/mol. The highest BCUT2D eigenvalue weighted by Crippen LogP contribution is 2.29. The summed E-state index contributed by atoms with van der Waals surface area (Å²) < 4.78 is 34.1. The Kier molecular flexibility index (Phi) is 6.91. The maximum Gasteiger partial charge on any atom is 0.341 e. The van der Waals surface area contributed by atoms with Crippen LogP contribution in [0.3, 0.4) is 0 Å². The van der Waals surface area contributed by atoms with E-state index < -0.39 is 23.2 Å². The molecule has 0 bridgehead atoms. The van der Waals surface area contributed by atoms with Gasteiger partial charge in [0.05, 0.1) is 5.56 Å². The molecule has 37 heavy (non-hydrogen) atoms. The predicted molar refractivity (Wildman–Crippen MR) is 143 cm³/mol. The van der Waals surface area contributed by atoms with Crippen LogP contribution in [0.1, 0.15) is 21.5 Å². The van der Waals surface area contributed by atoms with Gasteiger partial charge < -0.3 is 4.74 Å². The van der Waals surface area contributed by atoms with Crippen molar-refractivity contribution in [2.24, 2.45) is 0 Å². The molecule has 0 aliphatic rings. The summed E-state index contributed by atoms with van der Waals surface area (Å²) in [5, 5.41) is 0. The molecule has 0 unspecified atom stereocenters. The summed E-state index contributed by atoms with van der Waals surface area (Å²) in [7, 11) is 0. The summed E-state index contributed by atoms with van der Waals surface area (Å²) in [5.41, 5.74) is 6.93. The third-order valence-corrected chi connectivity index (χ3v) is 6.28. The number of carbonyl (C=O) groups excluding carboxylic acids is 1. The molecule has 0 amide bonds. The Morgan fingerprint density at radius 3 is 1.59 bits per heavy atom. The fourth-order valence-electron chi connectivity index (χ4n) is 4.16. The summed E-state index contributed by atoms with van der Waals surface area (Å²) in [4.78, 5) is 12.5. The molecular weight excluding hydrogens is 466 g/mol. The van der Waals surface area contributed by atoms with Gasteiger partial charge in [0.15, 0.2) is 11.6 Å². The van der Waals surface area contributed by atoms with E-state index in [4.69, 9.17) is 4.74 Å². The predicted octanol–water partition coefficient (Wildman–Crippen LogP) is 8.63. The lowest BCUT2D eigenvalue weighted by molar-refractivity contribution is 0.0466. The molecule has 0 radical (unpaired) electrons. The van der Waals surface area contributed by atoms with E-state index in [1.54, 1.807) is 12.1 Å². The van der Waals surface area contributed by atoms with Crippen LogP contribution in [0.2, 0.25) is 0 Å². The fourth-order valence-corrected chi connectivity index (χ4v) is 4.16. The molecule has 5 aromatic carbocycles. The van der Waals surface area contributed by atoms with Crippen LogP contribution >= 0.6 is 0 Å². The van der Waals surface area contributed by atoms with Crippen molar-refractivity contribution in [1.82, 2.24) is 0 Å². The van der Waals surface area contributed by atoms with E-state index in [-0.39, 0.29) is 6.61 Å². The highest BCUT2D eigenvalue weighted by Gasteiger charge is 2.19. The second-order valence-electron chi connectivity index (χ2n) is 8.90. The topological polar surface area (TPSA) is 26.3 Å². The normalized spacial score (nSPS) is 10.8. The van der Waals surface area contributed by atoms with Gasteiger partial charge in [-0.1, -0.05) is 109 Å². The lowest BCUT2D eigenvalue weighted by Crippen LogP contribution is -2.09. The zero-order valence-corrected chi connectivity index (χ0v) is 20.2. The molecule has 0 saturated heterocycles. The molecule has 2 nitrogen and oxygen atoms in total. The van der Waals surface area contributed by atoms with E-state index in [2.05, 4.69) is 55.5 Å². The summed E-state index contributed by atoms with van der Waals surface area (Å²) in [6.45, 7) is 2.04. The first-order valence-corrected chi connectivity index (χ1v) is 12.0. The van der Waals surface area contributed by atoms with Crippen LogP contribution in [0.25, 0.3) is 33.4 Å². The summed E-state index contributed by atoms with van der Waals surface area (Å²) in [5.74, 6) is -3.22. The van der Waals surface area contributed by atoms with E-state index in [9.17, 15) is 13.6 Å². The molecule has 0 N–H and O–H groups in total. The van der Waals surface area contributed by atoms with Gasteiger partial charge in [0.25, 0.3) is 0 Å². The first kappa shape index (κ1) is 24.1. The number of halogens is 2. The van der Waals surface area contributed by atoms with Crippen LogP contribution in [0.4, 0.5) is 8.78 Å². The molecule has 0 saturated carbocycles. The first-order valence-electron chi connectivity index (χ1n) is 12.0. The maximum atomic E-state index is 14.5. The molecular formula is C33H24F2O2. The molecule has 182 valence electrons. The SMILES string of the molecule is Cc1ccc(-c2ccc(-c3ccc(-c4cc(F)c(F)c(C(=O)OCc5ccccc5)c4)cc3)cc2)cc1. The van der Waals surface area contributed by atoms with Crippen LogP contribution in [0.15, 0.2) is 115 Å². The van der Waals surface area contributed by atoms with Crippen molar-refractivity contribution >= 4 is 5.97 Å². The highest BCUT2D eigenvalue weighted by atomic mass is 19.2. The molecule has 0 aliphatic carbocycles. The number of benzene rings is 5. The number of ether oxygens (including phenoxy) is 1. The number of esters is 1. The third kappa shape index (κ3) is 5.49. The van der Waals surface area contributed by atoms with Gasteiger partial charge in [-0.25, -0.2) is 13.6 Å². The average Bonchev–Trinajstić information content (AvgIpc) is 2.94. The second kappa shape index (κ2) is 10.6. The minimum Gasteiger partial charge on any atom is -0.457 e. The first-order chi connectivity index (χ1) is 18.0. The molecule has 5 rings (SSSR count). The number of carbonyl (C=O) groups is 1. The van der Waals surface area contributed by atoms with Crippen LogP contribution in [-0.2, 0) is 11.3 Å². The molecule has 0 fully saturated rings. The van der Waals surface area contributed by atoms with Gasteiger partial charge in [0, 0.05) is 0 Å². The van der Waals surface area contributed by atoms with E-state index in [0.29, 0.717) is 11.1 Å². The number of hydrogen-bond donors (Lipinski definition) is 0. The van der Waals surface area contributed by atoms with E-state index >= 15 is 0 Å². The van der Waals surface area contributed by atoms with Gasteiger partial charge in [-0.2, -0.15) is 0 Å². The third-order valence-electron chi connectivity index (χ3n) is 6.28. The summed E-state index contributed by atoms with van der Waals surface area (Å²) in [6.07, 6.45) is 0. The van der Waals surface area contributed by atoms with Crippen molar-refractivity contribution in [1.29, 1.82) is 0 Å². The molecule has 0 atom stereocenters. The van der Waals surface area contributed by atoms with Crippen LogP contribution in [0, 0.1) is 18.6 Å². The van der Waals surface area contributed by atoms with Crippen molar-refractivity contribution in [3.63, 3.8) is 0 Å². The number of hydrogen-bond acceptors (Lipinski definition) is 2. The van der Waals surface area contributed by atoms with Crippen molar-refractivity contribution in [2.45, 2.75) is 13.5 Å². The van der Waals surface area contributed by atoms with Crippen molar-refractivity contribution in [3.05, 3.63) is 144 Å². The van der Waals surface area contributed by atoms with Crippen molar-refractivity contribution < 1.29 is 18.3 Å². The Morgan fingerprint density at radius 1 is 0.622 bits per heavy atom. The minimum atomic E-state index is -1.22. The quantitative estimate of drug-likeness (QED) is 0.223. The molecule has 0 spiro atoms. The molecule has 4 heteroatoms. The molecule has 0 aromatic heterocycles.